The second kappa shape index (κ2) is 11.8. The van der Waals surface area contributed by atoms with E-state index >= 15 is 0 Å². The maximum absolute atomic E-state index is 4.26. The maximum atomic E-state index is 4.26. The fourth-order valence-corrected chi connectivity index (χ4v) is 3.32. The molecule has 3 aromatic heterocycles. The van der Waals surface area contributed by atoms with Crippen LogP contribution in [0.5, 0.6) is 0 Å². The van der Waals surface area contributed by atoms with E-state index in [1.54, 1.807) is 0 Å². The molecule has 0 bridgehead atoms. The largest absolute Gasteiger partial charge is 3.00 e. The van der Waals surface area contributed by atoms with Gasteiger partial charge in [0.05, 0.1) is 16.6 Å². The number of nitrogens with zero attached hydrogens (tertiary/aromatic N) is 3. The van der Waals surface area contributed by atoms with Crippen LogP contribution in [0.25, 0.3) is 32.7 Å². The smallest absolute Gasteiger partial charge is 0.287 e. The third-order valence-electron chi connectivity index (χ3n) is 4.97. The van der Waals surface area contributed by atoms with Crippen LogP contribution in [0.2, 0.25) is 0 Å². The first-order valence-corrected chi connectivity index (χ1v) is 10.6. The van der Waals surface area contributed by atoms with E-state index in [1.807, 2.05) is 109 Å². The molecule has 6 aromatic rings. The Hall–Kier alpha value is -3.85. The molecular weight excluding hydrogens is 595 g/mol. The zero-order valence-electron chi connectivity index (χ0n) is 18.7. The van der Waals surface area contributed by atoms with Crippen LogP contribution in [0.15, 0.2) is 109 Å². The van der Waals surface area contributed by atoms with Crippen molar-refractivity contribution in [2.75, 3.05) is 0 Å². The average Bonchev–Trinajstić information content (AvgIpc) is 2.84. The summed E-state index contributed by atoms with van der Waals surface area (Å²) in [6.07, 6.45) is 0. The molecule has 168 valence electrons. The molecule has 0 aliphatic rings. The topological polar surface area (TPSA) is 38.7 Å². The van der Waals surface area contributed by atoms with Crippen LogP contribution in [0.1, 0.15) is 17.1 Å². The van der Waals surface area contributed by atoms with Crippen molar-refractivity contribution in [1.29, 1.82) is 0 Å². The van der Waals surface area contributed by atoms with Crippen molar-refractivity contribution >= 4 is 32.7 Å². The summed E-state index contributed by atoms with van der Waals surface area (Å²) in [5.74, 6) is 0. The van der Waals surface area contributed by atoms with E-state index < -0.39 is 0 Å². The third-order valence-corrected chi connectivity index (χ3v) is 4.97. The summed E-state index contributed by atoms with van der Waals surface area (Å²) in [7, 11) is 0. The van der Waals surface area contributed by atoms with Gasteiger partial charge in [0.2, 0.25) is 0 Å². The molecule has 0 N–H and O–H groups in total. The molecule has 6 rings (SSSR count). The van der Waals surface area contributed by atoms with Crippen LogP contribution in [-0.4, -0.2) is 15.0 Å². The van der Waals surface area contributed by atoms with Gasteiger partial charge in [-0.3, -0.25) is 15.0 Å². The molecule has 3 nitrogen and oxygen atoms in total. The van der Waals surface area contributed by atoms with Crippen LogP contribution in [0, 0.1) is 20.8 Å². The van der Waals surface area contributed by atoms with Crippen molar-refractivity contribution < 1.29 is 20.1 Å². The Bertz CT molecular complexity index is 1330. The predicted octanol–water partition coefficient (Wildman–Crippen LogP) is 7.25. The van der Waals surface area contributed by atoms with Gasteiger partial charge in [0.25, 0.3) is 0 Å². The Morgan fingerprint density at radius 3 is 0.912 bits per heavy atom. The molecule has 0 fully saturated rings. The molecular formula is C30H24IrN3. The first kappa shape index (κ1) is 24.8. The number of pyridine rings is 3. The molecule has 0 atom stereocenters. The predicted molar refractivity (Wildman–Crippen MR) is 139 cm³/mol. The van der Waals surface area contributed by atoms with E-state index in [-0.39, 0.29) is 20.1 Å². The quantitative estimate of drug-likeness (QED) is 0.169. The van der Waals surface area contributed by atoms with Gasteiger partial charge < -0.3 is 0 Å². The second-order valence-corrected chi connectivity index (χ2v) is 7.49. The summed E-state index contributed by atoms with van der Waals surface area (Å²) in [5, 5.41) is 3.50. The number of para-hydroxylation sites is 3. The van der Waals surface area contributed by atoms with Gasteiger partial charge in [-0.1, -0.05) is 54.6 Å². The molecule has 4 heteroatoms. The zero-order chi connectivity index (χ0) is 23.0. The molecule has 3 heterocycles. The van der Waals surface area contributed by atoms with Crippen molar-refractivity contribution in [3.8, 4) is 0 Å². The van der Waals surface area contributed by atoms with Gasteiger partial charge in [-0.25, -0.2) is 20.8 Å². The maximum Gasteiger partial charge on any atom is 3.00 e. The minimum atomic E-state index is 0. The Kier molecular flexibility index (Phi) is 8.64. The minimum Gasteiger partial charge on any atom is -0.287 e. The Balaban J connectivity index is 0.000000141. The number of aromatic nitrogens is 3. The molecule has 0 aliphatic carbocycles. The van der Waals surface area contributed by atoms with Crippen molar-refractivity contribution in [3.05, 3.63) is 147 Å². The van der Waals surface area contributed by atoms with Crippen LogP contribution in [0.3, 0.4) is 0 Å². The van der Waals surface area contributed by atoms with Gasteiger partial charge in [-0.15, -0.1) is 35.3 Å². The number of hydrogen-bond donors (Lipinski definition) is 0. The SMILES string of the molecule is [CH2-]c1ccc2ccccc2n1.[CH2-]c1ccc2ccccc2n1.[CH2-]c1ccc2ccccc2n1.[Ir+3]. The van der Waals surface area contributed by atoms with E-state index in [4.69, 9.17) is 0 Å². The van der Waals surface area contributed by atoms with Crippen LogP contribution < -0.4 is 0 Å². The van der Waals surface area contributed by atoms with Crippen molar-refractivity contribution in [2.45, 2.75) is 0 Å². The normalized spacial score (nSPS) is 9.88. The molecule has 0 amide bonds. The molecule has 3 aromatic carbocycles. The van der Waals surface area contributed by atoms with Crippen LogP contribution in [0.4, 0.5) is 0 Å². The Morgan fingerprint density at radius 1 is 0.353 bits per heavy atom. The fraction of sp³-hybridized carbons (Fsp3) is 0. The summed E-state index contributed by atoms with van der Waals surface area (Å²) in [5.41, 5.74) is 5.51. The van der Waals surface area contributed by atoms with Crippen molar-refractivity contribution in [1.82, 2.24) is 15.0 Å². The summed E-state index contributed by atoms with van der Waals surface area (Å²) in [4.78, 5) is 12.8. The average molecular weight is 619 g/mol. The molecule has 34 heavy (non-hydrogen) atoms. The number of fused-ring (bicyclic) bond motifs is 3. The first-order chi connectivity index (χ1) is 16.1. The molecule has 0 radical (unpaired) electrons. The van der Waals surface area contributed by atoms with Crippen molar-refractivity contribution in [3.63, 3.8) is 0 Å². The van der Waals surface area contributed by atoms with Gasteiger partial charge in [0, 0.05) is 0 Å². The zero-order valence-corrected chi connectivity index (χ0v) is 21.1. The van der Waals surface area contributed by atoms with Crippen LogP contribution >= 0.6 is 0 Å². The Labute approximate surface area is 214 Å². The monoisotopic (exact) mass is 619 g/mol. The van der Waals surface area contributed by atoms with E-state index in [1.165, 1.54) is 16.2 Å². The number of rotatable bonds is 0. The Morgan fingerprint density at radius 2 is 0.618 bits per heavy atom. The standard InChI is InChI=1S/3C10H8N.Ir/c3*1-8-6-7-9-4-2-3-5-10(9)11-8;/h3*2-7H,1H2;/q3*-1;+3. The van der Waals surface area contributed by atoms with Gasteiger partial charge in [0.15, 0.2) is 0 Å². The summed E-state index contributed by atoms with van der Waals surface area (Å²) < 4.78 is 0. The van der Waals surface area contributed by atoms with Gasteiger partial charge >= 0.3 is 20.1 Å². The fourth-order valence-electron chi connectivity index (χ4n) is 3.32. The summed E-state index contributed by atoms with van der Waals surface area (Å²) in [6, 6.07) is 35.9. The van der Waals surface area contributed by atoms with Gasteiger partial charge in [-0.05, 0) is 34.4 Å². The second-order valence-electron chi connectivity index (χ2n) is 7.49. The van der Waals surface area contributed by atoms with E-state index in [9.17, 15) is 0 Å². The molecule has 0 spiro atoms. The van der Waals surface area contributed by atoms with E-state index in [0.717, 1.165) is 33.6 Å². The molecule has 0 saturated heterocycles. The number of benzene rings is 3. The molecule has 0 aliphatic heterocycles. The van der Waals surface area contributed by atoms with E-state index in [0.29, 0.717) is 0 Å². The summed E-state index contributed by atoms with van der Waals surface area (Å²) in [6.45, 7) is 11.3. The molecule has 0 unspecified atom stereocenters. The number of hydrogen-bond acceptors (Lipinski definition) is 3. The van der Waals surface area contributed by atoms with E-state index in [2.05, 4.69) is 35.7 Å². The first-order valence-electron chi connectivity index (χ1n) is 10.6. The third kappa shape index (κ3) is 6.58. The van der Waals surface area contributed by atoms with Gasteiger partial charge in [-0.2, -0.15) is 18.2 Å². The van der Waals surface area contributed by atoms with Crippen molar-refractivity contribution in [2.24, 2.45) is 0 Å². The van der Waals surface area contributed by atoms with Gasteiger partial charge in [0.1, 0.15) is 0 Å². The van der Waals surface area contributed by atoms with Crippen LogP contribution in [-0.2, 0) is 20.1 Å². The minimum absolute atomic E-state index is 0. The molecule has 0 saturated carbocycles. The summed E-state index contributed by atoms with van der Waals surface area (Å²) >= 11 is 0.